The molecule has 20 rings (SSSR count). The number of benzene rings is 2. The molecule has 5 aliphatic rings. The van der Waals surface area contributed by atoms with Gasteiger partial charge in [-0.1, -0.05) is 90.6 Å². The van der Waals surface area contributed by atoms with Crippen molar-refractivity contribution in [2.24, 2.45) is 35.2 Å². The molecule has 15 aromatic rings. The smallest absolute Gasteiger partial charge is 0.406 e. The molecule has 0 aliphatic carbocycles. The van der Waals surface area contributed by atoms with Crippen LogP contribution in [0, 0.1) is 34.6 Å². The summed E-state index contributed by atoms with van der Waals surface area (Å²) in [6, 6.07) is 49.8. The van der Waals surface area contributed by atoms with Gasteiger partial charge in [0.05, 0.1) is 110 Å². The molecule has 0 radical (unpaired) electrons. The molecule has 0 saturated heterocycles. The number of anilines is 10. The number of hydrogen-bond donors (Lipinski definition) is 0. The highest BCUT2D eigenvalue weighted by atomic mass is 16.4. The van der Waals surface area contributed by atoms with Gasteiger partial charge in [0.2, 0.25) is 17.1 Å². The number of nitrogens with zero attached hydrogens (tertiary/aromatic N) is 13. The Bertz CT molecular complexity index is 6350. The molecule has 0 bridgehead atoms. The first-order chi connectivity index (χ1) is 54.1. The molecule has 0 spiro atoms. The van der Waals surface area contributed by atoms with Crippen LogP contribution in [0.1, 0.15) is 69.5 Å². The molecule has 18 heterocycles. The predicted molar refractivity (Wildman–Crippen MR) is 459 cm³/mol. The lowest BCUT2D eigenvalue weighted by atomic mass is 9.59. The van der Waals surface area contributed by atoms with Crippen molar-refractivity contribution < 1.29 is 44.9 Å². The summed E-state index contributed by atoms with van der Waals surface area (Å²) in [5.74, 6) is 21.3. The zero-order valence-corrected chi connectivity index (χ0v) is 66.8. The van der Waals surface area contributed by atoms with Crippen LogP contribution in [0.15, 0.2) is 247 Å². The van der Waals surface area contributed by atoms with E-state index in [-0.39, 0.29) is 34.2 Å². The number of rotatable bonds is 5. The van der Waals surface area contributed by atoms with E-state index in [1.807, 2.05) is 73.9 Å². The Morgan fingerprint density at radius 2 is 0.688 bits per heavy atom. The molecule has 18 nitrogen and oxygen atoms in total. The minimum absolute atomic E-state index is 0.223. The lowest BCUT2D eigenvalue weighted by Gasteiger charge is -2.24. The van der Waals surface area contributed by atoms with Crippen molar-refractivity contribution in [2.75, 3.05) is 24.1 Å². The van der Waals surface area contributed by atoms with Gasteiger partial charge >= 0.3 is 34.2 Å². The topological polar surface area (TPSA) is 140 Å². The van der Waals surface area contributed by atoms with Gasteiger partial charge in [-0.3, -0.25) is 24.1 Å². The van der Waals surface area contributed by atoms with E-state index in [2.05, 4.69) is 330 Å². The van der Waals surface area contributed by atoms with E-state index in [0.29, 0.717) is 17.1 Å². The van der Waals surface area contributed by atoms with Crippen LogP contribution in [0.4, 0.5) is 58.5 Å². The van der Waals surface area contributed by atoms with Crippen molar-refractivity contribution in [3.63, 3.8) is 0 Å². The third kappa shape index (κ3) is 13.4. The minimum Gasteiger partial charge on any atom is -0.423 e. The van der Waals surface area contributed by atoms with Gasteiger partial charge in [0.25, 0.3) is 58.5 Å². The summed E-state index contributed by atoms with van der Waals surface area (Å²) >= 11 is 0. The summed E-state index contributed by atoms with van der Waals surface area (Å²) in [5, 5.41) is 5.54. The van der Waals surface area contributed by atoms with Crippen LogP contribution in [-0.4, -0.2) is 49.2 Å². The fourth-order valence-electron chi connectivity index (χ4n) is 16.2. The number of furan rings is 5. The average molecular weight is 1480 g/mol. The Balaban J connectivity index is 0.000000106. The number of fused-ring (bicyclic) bond motifs is 15. The van der Waals surface area contributed by atoms with Crippen molar-refractivity contribution in [1.29, 1.82) is 0 Å². The molecule has 0 unspecified atom stereocenters. The Kier molecular flexibility index (Phi) is 19.7. The van der Waals surface area contributed by atoms with Crippen LogP contribution < -0.4 is 46.9 Å². The standard InChI is InChI=1S/C20H22BN2O.C19H20BN2O.2C17H17BN3O.C16H15BN3O/c1-13-10-18(22(5)12-15(13)3)23-20-19(14(2)11-21(23)4)16-8-6-7-9-17(16)24-20;1-13-9-10-21(4)17(11-13)22-19-18(14(2)12-20(22)3)15-7-5-6-8-16(15)23-19;1-12-7-10-20(3)15(11-12)21-17-14(6-8-18(21)2)13-5-4-9-19-16(13)22-17;1-12-6-7-15(20(3)11-12)21-17-14(8-9-18(21)2)13-5-4-10-19-16(13)22-17;1-17-9-8-13-12-6-5-10-18-15(12)21-16(13)20(17)14-7-3-4-11-19(14)2/h6-12H,1-5H3;5-12H,1-4H3;2*4-11H,1-3H3;3-11H,1-2H3/q5*+1. The van der Waals surface area contributed by atoms with Crippen LogP contribution in [0.25, 0.3) is 84.6 Å². The SMILES string of the molecule is CB1C=C(C)c2c(oc3ccccc23)N1c1cc(C)c(C)c[n+]1C.CB1C=C(C)c2c(oc3ccccc23)N1c1cc(C)cc[n+]1C.CB1C=Cc2c(oc3ncccc23)N1c1cc(C)cc[n+]1C.CB1C=Cc2c(oc3ncccc23)N1c1ccc(C)c[n+]1C.CB1C=Cc2c(oc3ncccc23)N1c1cccc[n+]1C. The van der Waals surface area contributed by atoms with Gasteiger partial charge in [-0.2, -0.15) is 0 Å². The highest BCUT2D eigenvalue weighted by Crippen LogP contribution is 2.47. The largest absolute Gasteiger partial charge is 0.423 e. The summed E-state index contributed by atoms with van der Waals surface area (Å²) in [4.78, 5) is 24.3. The van der Waals surface area contributed by atoms with Crippen LogP contribution in [0.5, 0.6) is 0 Å². The molecule has 23 heteroatoms. The third-order valence-electron chi connectivity index (χ3n) is 21.9. The molecule has 13 aromatic heterocycles. The number of aromatic nitrogens is 8. The Morgan fingerprint density at radius 3 is 1.12 bits per heavy atom. The number of para-hydroxylation sites is 2. The second-order valence-corrected chi connectivity index (χ2v) is 30.2. The highest BCUT2D eigenvalue weighted by Gasteiger charge is 2.44. The first-order valence-corrected chi connectivity index (χ1v) is 38.4. The molecule has 552 valence electrons. The van der Waals surface area contributed by atoms with E-state index in [1.54, 1.807) is 18.6 Å². The highest BCUT2D eigenvalue weighted by molar-refractivity contribution is 6.72. The van der Waals surface area contributed by atoms with Gasteiger partial charge < -0.3 is 22.1 Å². The molecule has 0 saturated carbocycles. The Morgan fingerprint density at radius 1 is 0.312 bits per heavy atom. The van der Waals surface area contributed by atoms with Crippen molar-refractivity contribution in [3.8, 4) is 0 Å². The molecule has 112 heavy (non-hydrogen) atoms. The zero-order valence-electron chi connectivity index (χ0n) is 66.8. The number of hydrogen-bond acceptors (Lipinski definition) is 13. The van der Waals surface area contributed by atoms with Crippen molar-refractivity contribution in [2.45, 2.75) is 82.6 Å². The van der Waals surface area contributed by atoms with E-state index >= 15 is 0 Å². The minimum atomic E-state index is 0.223. The molecule has 5 aliphatic heterocycles. The lowest BCUT2D eigenvalue weighted by molar-refractivity contribution is -0.658. The second kappa shape index (κ2) is 30.0. The summed E-state index contributed by atoms with van der Waals surface area (Å²) in [7, 11) is 10.3. The van der Waals surface area contributed by atoms with Gasteiger partial charge in [0.15, 0.2) is 0 Å². The monoisotopic (exact) mass is 1480 g/mol. The fraction of sp³-hybridized carbons (Fsp3) is 0.191. The van der Waals surface area contributed by atoms with Gasteiger partial charge in [-0.25, -0.2) is 37.8 Å². The lowest BCUT2D eigenvalue weighted by Crippen LogP contribution is -2.44. The molecule has 0 N–H and O–H groups in total. The molecule has 0 fully saturated rings. The normalized spacial score (nSPS) is 13.9. The summed E-state index contributed by atoms with van der Waals surface area (Å²) < 4.78 is 41.4. The van der Waals surface area contributed by atoms with E-state index in [4.69, 9.17) is 22.1 Å². The van der Waals surface area contributed by atoms with Crippen molar-refractivity contribution in [1.82, 2.24) is 15.0 Å². The van der Waals surface area contributed by atoms with E-state index in [0.717, 1.165) is 103 Å². The summed E-state index contributed by atoms with van der Waals surface area (Å²) in [6.07, 6.45) is 22.2. The Labute approximate surface area is 656 Å². The summed E-state index contributed by atoms with van der Waals surface area (Å²) in [6.45, 7) is 27.1. The first-order valence-electron chi connectivity index (χ1n) is 38.4. The van der Waals surface area contributed by atoms with Gasteiger partial charge in [0, 0.05) is 59.7 Å². The maximum Gasteiger partial charge on any atom is 0.406 e. The van der Waals surface area contributed by atoms with Crippen molar-refractivity contribution in [3.05, 3.63) is 281 Å². The fourth-order valence-corrected chi connectivity index (χ4v) is 16.2. The van der Waals surface area contributed by atoms with Crippen LogP contribution >= 0.6 is 0 Å². The Hall–Kier alpha value is -12.6. The van der Waals surface area contributed by atoms with E-state index in [9.17, 15) is 0 Å². The quantitative estimate of drug-likeness (QED) is 0.119. The van der Waals surface area contributed by atoms with Crippen LogP contribution in [0.2, 0.25) is 34.1 Å². The molecular weight excluding hydrogens is 1390 g/mol. The van der Waals surface area contributed by atoms with Crippen molar-refractivity contribution >= 4 is 177 Å². The van der Waals surface area contributed by atoms with E-state index < -0.39 is 0 Å². The first kappa shape index (κ1) is 73.5. The maximum absolute atomic E-state index is 6.30. The van der Waals surface area contributed by atoms with Crippen LogP contribution in [-0.2, 0) is 35.2 Å². The van der Waals surface area contributed by atoms with Gasteiger partial charge in [0.1, 0.15) is 11.2 Å². The molecule has 0 amide bonds. The molecule has 2 aromatic carbocycles. The molecular formula is C89H91B5N13O5+5. The number of aryl methyl sites for hydroxylation is 10. The number of allylic oxidation sites excluding steroid dienone is 2. The van der Waals surface area contributed by atoms with Gasteiger partial charge in [-0.15, -0.1) is 0 Å². The van der Waals surface area contributed by atoms with Gasteiger partial charge in [-0.05, 0) is 194 Å². The average Bonchev–Trinajstić information content (AvgIpc) is 1.56. The maximum atomic E-state index is 6.30. The molecule has 0 atom stereocenters. The third-order valence-corrected chi connectivity index (χ3v) is 21.9. The predicted octanol–water partition coefficient (Wildman–Crippen LogP) is 18.4. The zero-order chi connectivity index (χ0) is 78.1. The number of pyridine rings is 8. The summed E-state index contributed by atoms with van der Waals surface area (Å²) in [5.41, 5.74) is 18.5. The van der Waals surface area contributed by atoms with Crippen LogP contribution in [0.3, 0.4) is 0 Å². The van der Waals surface area contributed by atoms with E-state index in [1.165, 1.54) is 60.9 Å². The second-order valence-electron chi connectivity index (χ2n) is 30.2.